The van der Waals surface area contributed by atoms with Gasteiger partial charge in [-0.2, -0.15) is 0 Å². The van der Waals surface area contributed by atoms with Gasteiger partial charge in [-0.1, -0.05) is 0 Å². The van der Waals surface area contributed by atoms with Gasteiger partial charge in [0.15, 0.2) is 0 Å². The van der Waals surface area contributed by atoms with Crippen LogP contribution in [0, 0.1) is 6.92 Å². The normalized spacial score (nSPS) is 10.6. The fourth-order valence-corrected chi connectivity index (χ4v) is 11.2. The van der Waals surface area contributed by atoms with E-state index in [-0.39, 0.29) is 0 Å². The first kappa shape index (κ1) is 13.0. The number of methoxy groups -OCH3 is 1. The molecule has 0 aliphatic rings. The van der Waals surface area contributed by atoms with Crippen molar-refractivity contribution in [2.24, 2.45) is 0 Å². The molecule has 3 heteroatoms. The van der Waals surface area contributed by atoms with Gasteiger partial charge in [-0.25, -0.2) is 0 Å². The second kappa shape index (κ2) is 5.97. The van der Waals surface area contributed by atoms with Crippen molar-refractivity contribution >= 4 is 38.2 Å². The maximum absolute atomic E-state index is 5.43. The Kier molecular flexibility index (Phi) is 4.58. The Labute approximate surface area is 116 Å². The number of hydrogen-bond donors (Lipinski definition) is 0. The van der Waals surface area contributed by atoms with Gasteiger partial charge in [0, 0.05) is 0 Å². The molecule has 0 atom stereocenters. The van der Waals surface area contributed by atoms with Crippen molar-refractivity contribution in [2.75, 3.05) is 7.11 Å². The topological polar surface area (TPSA) is 9.23 Å². The summed E-state index contributed by atoms with van der Waals surface area (Å²) in [6, 6.07) is 17.1. The molecule has 0 saturated heterocycles. The van der Waals surface area contributed by atoms with Gasteiger partial charge in [0.1, 0.15) is 0 Å². The van der Waals surface area contributed by atoms with E-state index in [2.05, 4.69) is 55.5 Å². The van der Waals surface area contributed by atoms with Crippen LogP contribution in [0.5, 0.6) is 5.75 Å². The third-order valence-corrected chi connectivity index (χ3v) is 15.5. The van der Waals surface area contributed by atoms with Crippen molar-refractivity contribution in [1.82, 2.24) is 0 Å². The zero-order valence-electron chi connectivity index (χ0n) is 9.85. The molecule has 2 aromatic rings. The number of hydrogen-bond acceptors (Lipinski definition) is 1. The summed E-state index contributed by atoms with van der Waals surface area (Å²) in [7, 11) is 1.73. The van der Waals surface area contributed by atoms with Gasteiger partial charge in [-0.05, 0) is 0 Å². The zero-order valence-corrected chi connectivity index (χ0v) is 14.9. The molecule has 0 spiro atoms. The monoisotopic (exact) mass is 486 g/mol. The van der Waals surface area contributed by atoms with Gasteiger partial charge in [-0.3, -0.25) is 0 Å². The molecule has 0 radical (unpaired) electrons. The van der Waals surface area contributed by atoms with Crippen molar-refractivity contribution in [3.8, 4) is 5.75 Å². The molecule has 0 aromatic heterocycles. The van der Waals surface area contributed by atoms with E-state index < -0.39 is 19.4 Å². The average Bonchev–Trinajstić information content (AvgIpc) is 2.39. The van der Waals surface area contributed by atoms with Crippen LogP contribution in [-0.4, -0.2) is 26.5 Å². The molecule has 0 fully saturated rings. The molecule has 0 saturated carbocycles. The number of ether oxygens (including phenoxy) is 1. The first-order valence-corrected chi connectivity index (χ1v) is 16.4. The molecule has 0 aliphatic heterocycles. The van der Waals surface area contributed by atoms with Crippen LogP contribution < -0.4 is 11.3 Å². The van der Waals surface area contributed by atoms with Crippen molar-refractivity contribution < 1.29 is 4.74 Å². The second-order valence-electron chi connectivity index (χ2n) is 3.79. The Morgan fingerprint density at radius 2 is 1.65 bits per heavy atom. The summed E-state index contributed by atoms with van der Waals surface area (Å²) in [6.45, 7) is 2.12. The van der Waals surface area contributed by atoms with E-state index in [9.17, 15) is 0 Å². The predicted octanol–water partition coefficient (Wildman–Crippen LogP) is 2.50. The number of benzene rings is 2. The molecule has 0 amide bonds. The minimum absolute atomic E-state index is 1.00. The van der Waals surface area contributed by atoms with Crippen molar-refractivity contribution in [3.05, 3.63) is 54.1 Å². The van der Waals surface area contributed by atoms with Crippen LogP contribution in [0.3, 0.4) is 0 Å². The molecule has 0 bridgehead atoms. The van der Waals surface area contributed by atoms with Crippen LogP contribution in [-0.2, 0) is 0 Å². The summed E-state index contributed by atoms with van der Waals surface area (Å²) in [6.07, 6.45) is 0. The van der Waals surface area contributed by atoms with Gasteiger partial charge in [0.25, 0.3) is 0 Å². The van der Waals surface area contributed by atoms with Crippen LogP contribution >= 0.6 is 12.2 Å². The van der Waals surface area contributed by atoms with Crippen LogP contribution in [0.2, 0.25) is 0 Å². The minimum atomic E-state index is -2.00. The van der Waals surface area contributed by atoms with Crippen LogP contribution in [0.1, 0.15) is 5.56 Å². The molecule has 0 N–H and O–H groups in total. The summed E-state index contributed by atoms with van der Waals surface area (Å²) < 4.78 is 8.23. The van der Waals surface area contributed by atoms with E-state index in [4.69, 9.17) is 4.74 Å². The molecular weight excluding hydrogens is 473 g/mol. The summed E-state index contributed by atoms with van der Waals surface area (Å²) >= 11 is 1.94. The molecule has 1 nitrogen and oxygen atoms in total. The molecule has 2 rings (SSSR count). The Hall–Kier alpha value is -0.397. The van der Waals surface area contributed by atoms with Crippen LogP contribution in [0.25, 0.3) is 0 Å². The van der Waals surface area contributed by atoms with Gasteiger partial charge in [0.2, 0.25) is 0 Å². The number of aryl methyl sites for hydroxylation is 1. The summed E-state index contributed by atoms with van der Waals surface area (Å²) in [4.78, 5) is 0. The number of para-hydroxylation sites is 1. The van der Waals surface area contributed by atoms with E-state index in [0.717, 1.165) is 5.75 Å². The van der Waals surface area contributed by atoms with Crippen LogP contribution in [0.15, 0.2) is 48.5 Å². The van der Waals surface area contributed by atoms with Gasteiger partial charge >= 0.3 is 117 Å². The summed E-state index contributed by atoms with van der Waals surface area (Å²) in [5.74, 6) is 1.00. The Balaban J connectivity index is 2.36. The molecule has 0 heterocycles. The third-order valence-electron chi connectivity index (χ3n) is 2.56. The molecular formula is C14H14BiBrO. The fourth-order valence-electron chi connectivity index (χ4n) is 1.61. The van der Waals surface area contributed by atoms with Crippen molar-refractivity contribution in [1.29, 1.82) is 0 Å². The molecule has 2 aromatic carbocycles. The summed E-state index contributed by atoms with van der Waals surface area (Å²) in [5.41, 5.74) is 1.30. The molecule has 88 valence electrons. The maximum atomic E-state index is 5.43. The first-order chi connectivity index (χ1) is 8.22. The van der Waals surface area contributed by atoms with E-state index >= 15 is 0 Å². The Morgan fingerprint density at radius 1 is 1.00 bits per heavy atom. The summed E-state index contributed by atoms with van der Waals surface area (Å²) in [5, 5.41) is 0. The average molecular weight is 487 g/mol. The van der Waals surface area contributed by atoms with Crippen LogP contribution in [0.4, 0.5) is 0 Å². The Bertz CT molecular complexity index is 496. The molecule has 0 unspecified atom stereocenters. The quantitative estimate of drug-likeness (QED) is 0.606. The van der Waals surface area contributed by atoms with E-state index in [1.54, 1.807) is 7.11 Å². The predicted molar refractivity (Wildman–Crippen MR) is 78.1 cm³/mol. The molecule has 17 heavy (non-hydrogen) atoms. The van der Waals surface area contributed by atoms with Gasteiger partial charge in [-0.15, -0.1) is 0 Å². The SMILES string of the molecule is COc1cccc[c]1[Bi]([Br])[c]1ccc(C)cc1. The number of rotatable bonds is 3. The standard InChI is InChI=1S/C7H7O.C7H7.Bi.BrH/c1-8-7-5-3-2-4-6-7;1-7-5-3-2-4-6-7;;/h2-5H,1H3;3-6H,1H3;;1H/q;;+1;/p-1. The molecule has 0 aliphatic carbocycles. The second-order valence-corrected chi connectivity index (χ2v) is 16.1. The van der Waals surface area contributed by atoms with Crippen molar-refractivity contribution in [2.45, 2.75) is 6.92 Å². The van der Waals surface area contributed by atoms with Gasteiger partial charge < -0.3 is 0 Å². The Morgan fingerprint density at radius 3 is 2.29 bits per heavy atom. The van der Waals surface area contributed by atoms with Crippen molar-refractivity contribution in [3.63, 3.8) is 0 Å². The van der Waals surface area contributed by atoms with E-state index in [0.29, 0.717) is 0 Å². The van der Waals surface area contributed by atoms with E-state index in [1.165, 1.54) is 12.1 Å². The van der Waals surface area contributed by atoms with Gasteiger partial charge in [0.05, 0.1) is 0 Å². The number of halogens is 1. The zero-order chi connectivity index (χ0) is 12.3. The fraction of sp³-hybridized carbons (Fsp3) is 0.143. The first-order valence-electron chi connectivity index (χ1n) is 5.38. The third kappa shape index (κ3) is 3.08. The van der Waals surface area contributed by atoms with E-state index in [1.807, 2.05) is 12.1 Å².